The number of benzene rings is 1. The Kier molecular flexibility index (Phi) is 2.33. The molecule has 0 aliphatic heterocycles. The maximum absolute atomic E-state index is 10.7. The van der Waals surface area contributed by atoms with Crippen LogP contribution in [0, 0.1) is 5.41 Å². The molecule has 0 spiro atoms. The predicted molar refractivity (Wildman–Crippen MR) is 72.4 cm³/mol. The molecule has 0 radical (unpaired) electrons. The molecule has 1 saturated carbocycles. The van der Waals surface area contributed by atoms with Crippen LogP contribution in [0.2, 0.25) is 0 Å². The van der Waals surface area contributed by atoms with E-state index in [4.69, 9.17) is 0 Å². The molecule has 96 valence electrons. The van der Waals surface area contributed by atoms with Gasteiger partial charge in [0.2, 0.25) is 0 Å². The average Bonchev–Trinajstić information content (AvgIpc) is 3.01. The minimum absolute atomic E-state index is 0.0745. The second-order valence-electron chi connectivity index (χ2n) is 6.09. The Hall–Kier alpha value is -1.35. The van der Waals surface area contributed by atoms with Crippen LogP contribution in [0.25, 0.3) is 11.0 Å². The first-order chi connectivity index (χ1) is 8.43. The summed E-state index contributed by atoms with van der Waals surface area (Å²) in [6, 6.07) is 8.11. The Morgan fingerprint density at radius 3 is 2.67 bits per heavy atom. The number of aromatic nitrogens is 2. The Morgan fingerprint density at radius 1 is 1.39 bits per heavy atom. The first-order valence-electron chi connectivity index (χ1n) is 6.56. The number of aryl methyl sites for hydroxylation is 1. The normalized spacial score (nSPS) is 20.9. The fraction of sp³-hybridized carbons (Fsp3) is 0.533. The van der Waals surface area contributed by atoms with Gasteiger partial charge in [-0.25, -0.2) is 4.98 Å². The van der Waals surface area contributed by atoms with Crippen molar-refractivity contribution >= 4 is 11.0 Å². The van der Waals surface area contributed by atoms with Crippen molar-refractivity contribution in [3.05, 3.63) is 30.1 Å². The van der Waals surface area contributed by atoms with E-state index in [9.17, 15) is 5.11 Å². The van der Waals surface area contributed by atoms with E-state index in [0.717, 1.165) is 29.7 Å². The smallest absolute Gasteiger partial charge is 0.112 e. The molecule has 1 aliphatic carbocycles. The summed E-state index contributed by atoms with van der Waals surface area (Å²) in [4.78, 5) is 4.64. The van der Waals surface area contributed by atoms with E-state index in [1.165, 1.54) is 0 Å². The Balaban J connectivity index is 1.98. The monoisotopic (exact) mass is 244 g/mol. The van der Waals surface area contributed by atoms with Crippen molar-refractivity contribution in [2.24, 2.45) is 12.5 Å². The summed E-state index contributed by atoms with van der Waals surface area (Å²) in [7, 11) is 2.02. The third-order valence-electron chi connectivity index (χ3n) is 4.68. The molecule has 0 saturated heterocycles. The van der Waals surface area contributed by atoms with Gasteiger partial charge in [0.1, 0.15) is 5.82 Å². The van der Waals surface area contributed by atoms with Crippen molar-refractivity contribution in [3.63, 3.8) is 0 Å². The van der Waals surface area contributed by atoms with E-state index < -0.39 is 5.60 Å². The Labute approximate surface area is 107 Å². The lowest BCUT2D eigenvalue weighted by Crippen LogP contribution is -2.37. The lowest BCUT2D eigenvalue weighted by molar-refractivity contribution is -0.00913. The summed E-state index contributed by atoms with van der Waals surface area (Å²) in [5, 5.41) is 10.7. The number of aliphatic hydroxyl groups is 1. The van der Waals surface area contributed by atoms with Gasteiger partial charge < -0.3 is 9.67 Å². The van der Waals surface area contributed by atoms with Gasteiger partial charge >= 0.3 is 0 Å². The number of nitrogens with zero attached hydrogens (tertiary/aromatic N) is 2. The summed E-state index contributed by atoms with van der Waals surface area (Å²) in [6.45, 7) is 4.11. The molecule has 18 heavy (non-hydrogen) atoms. The molecule has 1 aliphatic rings. The third kappa shape index (κ3) is 1.65. The molecule has 3 rings (SSSR count). The quantitative estimate of drug-likeness (QED) is 0.901. The molecule has 2 aromatic rings. The van der Waals surface area contributed by atoms with E-state index >= 15 is 0 Å². The lowest BCUT2D eigenvalue weighted by atomic mass is 9.84. The van der Waals surface area contributed by atoms with Crippen LogP contribution in [-0.2, 0) is 13.5 Å². The van der Waals surface area contributed by atoms with Crippen molar-refractivity contribution in [2.75, 3.05) is 0 Å². The molecule has 1 aromatic heterocycles. The second kappa shape index (κ2) is 3.58. The highest BCUT2D eigenvalue weighted by Crippen LogP contribution is 2.54. The van der Waals surface area contributed by atoms with E-state index in [1.54, 1.807) is 0 Å². The van der Waals surface area contributed by atoms with Crippen LogP contribution in [0.15, 0.2) is 24.3 Å². The number of fused-ring (bicyclic) bond motifs is 1. The number of rotatable bonds is 3. The minimum atomic E-state index is -0.665. The fourth-order valence-electron chi connectivity index (χ4n) is 2.60. The maximum atomic E-state index is 10.7. The SMILES string of the molecule is Cn1c(CC(C)(O)C2(C)CC2)nc2ccccc21. The molecule has 1 unspecified atom stereocenters. The Morgan fingerprint density at radius 2 is 2.06 bits per heavy atom. The van der Waals surface area contributed by atoms with Crippen LogP contribution in [-0.4, -0.2) is 20.3 Å². The first kappa shape index (κ1) is 11.7. The first-order valence-corrected chi connectivity index (χ1v) is 6.56. The molecule has 3 heteroatoms. The molecule has 1 N–H and O–H groups in total. The largest absolute Gasteiger partial charge is 0.389 e. The van der Waals surface area contributed by atoms with Crippen LogP contribution in [0.5, 0.6) is 0 Å². The summed E-state index contributed by atoms with van der Waals surface area (Å²) >= 11 is 0. The van der Waals surface area contributed by atoms with E-state index in [2.05, 4.69) is 22.5 Å². The highest BCUT2D eigenvalue weighted by atomic mass is 16.3. The molecule has 0 amide bonds. The van der Waals surface area contributed by atoms with Crippen molar-refractivity contribution < 1.29 is 5.11 Å². The highest BCUT2D eigenvalue weighted by Gasteiger charge is 2.52. The third-order valence-corrected chi connectivity index (χ3v) is 4.68. The van der Waals surface area contributed by atoms with Crippen molar-refractivity contribution in [1.29, 1.82) is 0 Å². The summed E-state index contributed by atoms with van der Waals surface area (Å²) in [5.41, 5.74) is 1.55. The van der Waals surface area contributed by atoms with Gasteiger partial charge in [0, 0.05) is 13.5 Å². The van der Waals surface area contributed by atoms with E-state index in [0.29, 0.717) is 6.42 Å². The zero-order valence-corrected chi connectivity index (χ0v) is 11.3. The Bertz CT molecular complexity index is 594. The molecule has 1 atom stereocenters. The molecule has 1 fully saturated rings. The zero-order valence-electron chi connectivity index (χ0n) is 11.3. The van der Waals surface area contributed by atoms with Gasteiger partial charge in [0.15, 0.2) is 0 Å². The number of hydrogen-bond acceptors (Lipinski definition) is 2. The van der Waals surface area contributed by atoms with Gasteiger partial charge in [-0.05, 0) is 37.3 Å². The van der Waals surface area contributed by atoms with Gasteiger partial charge in [0.25, 0.3) is 0 Å². The van der Waals surface area contributed by atoms with Gasteiger partial charge in [-0.15, -0.1) is 0 Å². The molecule has 0 bridgehead atoms. The minimum Gasteiger partial charge on any atom is -0.389 e. The predicted octanol–water partition coefficient (Wildman–Crippen LogP) is 2.67. The van der Waals surface area contributed by atoms with Crippen LogP contribution < -0.4 is 0 Å². The summed E-state index contributed by atoms with van der Waals surface area (Å²) in [6.07, 6.45) is 2.85. The van der Waals surface area contributed by atoms with Crippen LogP contribution >= 0.6 is 0 Å². The van der Waals surface area contributed by atoms with Crippen molar-refractivity contribution in [3.8, 4) is 0 Å². The molecule has 3 nitrogen and oxygen atoms in total. The lowest BCUT2D eigenvalue weighted by Gasteiger charge is -2.30. The standard InChI is InChI=1S/C15H20N2O/c1-14(8-9-14)15(2,18)10-13-16-11-6-4-5-7-12(11)17(13)3/h4-7,18H,8-10H2,1-3H3. The molecular formula is C15H20N2O. The van der Waals surface area contributed by atoms with Crippen LogP contribution in [0.1, 0.15) is 32.5 Å². The van der Waals surface area contributed by atoms with Crippen molar-refractivity contribution in [2.45, 2.75) is 38.7 Å². The van der Waals surface area contributed by atoms with Gasteiger partial charge in [-0.2, -0.15) is 0 Å². The van der Waals surface area contributed by atoms with Crippen LogP contribution in [0.3, 0.4) is 0 Å². The van der Waals surface area contributed by atoms with E-state index in [-0.39, 0.29) is 5.41 Å². The molecule has 1 heterocycles. The van der Waals surface area contributed by atoms with E-state index in [1.807, 2.05) is 32.2 Å². The zero-order chi connectivity index (χ0) is 13.0. The number of para-hydroxylation sites is 2. The maximum Gasteiger partial charge on any atom is 0.112 e. The summed E-state index contributed by atoms with van der Waals surface area (Å²) in [5.74, 6) is 0.967. The molecule has 1 aromatic carbocycles. The number of imidazole rings is 1. The average molecular weight is 244 g/mol. The van der Waals surface area contributed by atoms with Gasteiger partial charge in [0.05, 0.1) is 16.6 Å². The number of hydrogen-bond donors (Lipinski definition) is 1. The molecular weight excluding hydrogens is 224 g/mol. The highest BCUT2D eigenvalue weighted by molar-refractivity contribution is 5.75. The fourth-order valence-corrected chi connectivity index (χ4v) is 2.60. The topological polar surface area (TPSA) is 38.0 Å². The summed E-state index contributed by atoms with van der Waals surface area (Å²) < 4.78 is 2.09. The van der Waals surface area contributed by atoms with Gasteiger partial charge in [-0.3, -0.25) is 0 Å². The van der Waals surface area contributed by atoms with Gasteiger partial charge in [-0.1, -0.05) is 19.1 Å². The van der Waals surface area contributed by atoms with Crippen LogP contribution in [0.4, 0.5) is 0 Å². The van der Waals surface area contributed by atoms with Crippen molar-refractivity contribution in [1.82, 2.24) is 9.55 Å². The second-order valence-corrected chi connectivity index (χ2v) is 6.09.